The van der Waals surface area contributed by atoms with Gasteiger partial charge in [-0.2, -0.15) is 0 Å². The summed E-state index contributed by atoms with van der Waals surface area (Å²) in [7, 11) is 1.92. The molecule has 1 aliphatic heterocycles. The minimum Gasteiger partial charge on any atom is -0.356 e. The van der Waals surface area contributed by atoms with E-state index in [9.17, 15) is 0 Å². The first kappa shape index (κ1) is 13.7. The fourth-order valence-corrected chi connectivity index (χ4v) is 3.38. The van der Waals surface area contributed by atoms with Crippen LogP contribution in [0.1, 0.15) is 46.0 Å². The minimum absolute atomic E-state index is 0.761. The van der Waals surface area contributed by atoms with Crippen LogP contribution in [-0.2, 0) is 0 Å². The molecule has 3 heteroatoms. The van der Waals surface area contributed by atoms with Gasteiger partial charge in [0.05, 0.1) is 0 Å². The Morgan fingerprint density at radius 2 is 1.83 bits per heavy atom. The lowest BCUT2D eigenvalue weighted by Gasteiger charge is -2.22. The fraction of sp³-hybridized carbons (Fsp3) is 0.933. The second-order valence-electron chi connectivity index (χ2n) is 6.37. The molecule has 0 amide bonds. The van der Waals surface area contributed by atoms with E-state index in [1.807, 2.05) is 7.05 Å². The monoisotopic (exact) mass is 251 g/mol. The summed E-state index contributed by atoms with van der Waals surface area (Å²) in [6, 6.07) is 0. The van der Waals surface area contributed by atoms with Crippen LogP contribution in [0.25, 0.3) is 0 Å². The average Bonchev–Trinajstić information content (AvgIpc) is 2.77. The summed E-state index contributed by atoms with van der Waals surface area (Å²) in [6.07, 6.45) is 6.97. The Morgan fingerprint density at radius 1 is 1.22 bits per heavy atom. The molecule has 0 aromatic rings. The maximum Gasteiger partial charge on any atom is 0.193 e. The molecule has 2 rings (SSSR count). The molecule has 1 saturated heterocycles. The van der Waals surface area contributed by atoms with Crippen LogP contribution < -0.4 is 5.32 Å². The van der Waals surface area contributed by atoms with Crippen molar-refractivity contribution in [2.45, 2.75) is 46.0 Å². The molecule has 2 aliphatic rings. The maximum atomic E-state index is 4.46. The van der Waals surface area contributed by atoms with E-state index in [4.69, 9.17) is 0 Å². The zero-order valence-corrected chi connectivity index (χ0v) is 12.3. The first-order chi connectivity index (χ1) is 8.70. The van der Waals surface area contributed by atoms with E-state index in [0.29, 0.717) is 0 Å². The predicted octanol–water partition coefficient (Wildman–Crippen LogP) is 2.73. The highest BCUT2D eigenvalue weighted by atomic mass is 15.3. The van der Waals surface area contributed by atoms with Gasteiger partial charge < -0.3 is 10.2 Å². The van der Waals surface area contributed by atoms with E-state index in [1.165, 1.54) is 45.2 Å². The standard InChI is InChI=1S/C15H29N3/c1-12(2)8-9-17-15(16-3)18-10-13-6-4-5-7-14(13)11-18/h12-14H,4-11H2,1-3H3,(H,16,17). The molecule has 0 radical (unpaired) electrons. The quantitative estimate of drug-likeness (QED) is 0.617. The van der Waals surface area contributed by atoms with Crippen molar-refractivity contribution in [3.63, 3.8) is 0 Å². The van der Waals surface area contributed by atoms with Gasteiger partial charge in [-0.3, -0.25) is 4.99 Å². The van der Waals surface area contributed by atoms with E-state index in [0.717, 1.165) is 30.3 Å². The Morgan fingerprint density at radius 3 is 2.33 bits per heavy atom. The normalized spacial score (nSPS) is 28.7. The first-order valence-corrected chi connectivity index (χ1v) is 7.66. The summed E-state index contributed by atoms with van der Waals surface area (Å²) in [5, 5.41) is 3.53. The lowest BCUT2D eigenvalue weighted by atomic mass is 9.82. The van der Waals surface area contributed by atoms with Gasteiger partial charge in [-0.05, 0) is 37.0 Å². The Balaban J connectivity index is 1.82. The number of rotatable bonds is 3. The lowest BCUT2D eigenvalue weighted by molar-refractivity contribution is 0.299. The van der Waals surface area contributed by atoms with Crippen molar-refractivity contribution in [2.75, 3.05) is 26.7 Å². The predicted molar refractivity (Wildman–Crippen MR) is 77.8 cm³/mol. The zero-order chi connectivity index (χ0) is 13.0. The number of guanidine groups is 1. The molecule has 0 spiro atoms. The Bertz CT molecular complexity index is 271. The minimum atomic E-state index is 0.761. The van der Waals surface area contributed by atoms with Crippen molar-refractivity contribution in [3.05, 3.63) is 0 Å². The molecular weight excluding hydrogens is 222 g/mol. The number of aliphatic imine (C=N–C) groups is 1. The Hall–Kier alpha value is -0.730. The van der Waals surface area contributed by atoms with E-state index in [2.05, 4.69) is 29.1 Å². The van der Waals surface area contributed by atoms with Gasteiger partial charge in [0.25, 0.3) is 0 Å². The lowest BCUT2D eigenvalue weighted by Crippen LogP contribution is -2.40. The second-order valence-corrected chi connectivity index (χ2v) is 6.37. The van der Waals surface area contributed by atoms with Gasteiger partial charge in [-0.1, -0.05) is 26.7 Å². The highest BCUT2D eigenvalue weighted by molar-refractivity contribution is 5.80. The van der Waals surface area contributed by atoms with Crippen molar-refractivity contribution in [2.24, 2.45) is 22.7 Å². The molecule has 0 aromatic heterocycles. The van der Waals surface area contributed by atoms with E-state index < -0.39 is 0 Å². The van der Waals surface area contributed by atoms with Gasteiger partial charge in [0.15, 0.2) is 5.96 Å². The smallest absolute Gasteiger partial charge is 0.193 e. The number of nitrogens with zero attached hydrogens (tertiary/aromatic N) is 2. The van der Waals surface area contributed by atoms with Crippen molar-refractivity contribution in [3.8, 4) is 0 Å². The molecule has 2 unspecified atom stereocenters. The number of likely N-dealkylation sites (tertiary alicyclic amines) is 1. The fourth-order valence-electron chi connectivity index (χ4n) is 3.38. The number of hydrogen-bond acceptors (Lipinski definition) is 1. The van der Waals surface area contributed by atoms with Gasteiger partial charge in [-0.25, -0.2) is 0 Å². The zero-order valence-electron chi connectivity index (χ0n) is 12.3. The number of hydrogen-bond donors (Lipinski definition) is 1. The van der Waals surface area contributed by atoms with Gasteiger partial charge in [0.2, 0.25) is 0 Å². The highest BCUT2D eigenvalue weighted by Gasteiger charge is 2.35. The van der Waals surface area contributed by atoms with Crippen LogP contribution in [0.5, 0.6) is 0 Å². The van der Waals surface area contributed by atoms with E-state index in [-0.39, 0.29) is 0 Å². The molecule has 2 atom stereocenters. The molecule has 1 N–H and O–H groups in total. The summed E-state index contributed by atoms with van der Waals surface area (Å²) < 4.78 is 0. The third-order valence-electron chi connectivity index (χ3n) is 4.49. The Kier molecular flexibility index (Phi) is 4.90. The molecule has 2 fully saturated rings. The van der Waals surface area contributed by atoms with Gasteiger partial charge >= 0.3 is 0 Å². The van der Waals surface area contributed by atoms with Crippen LogP contribution >= 0.6 is 0 Å². The Labute approximate surface area is 112 Å². The van der Waals surface area contributed by atoms with Crippen LogP contribution in [0.2, 0.25) is 0 Å². The summed E-state index contributed by atoms with van der Waals surface area (Å²) in [6.45, 7) is 8.05. The molecule has 1 aliphatic carbocycles. The van der Waals surface area contributed by atoms with Crippen LogP contribution in [0.4, 0.5) is 0 Å². The van der Waals surface area contributed by atoms with E-state index >= 15 is 0 Å². The third-order valence-corrected chi connectivity index (χ3v) is 4.49. The largest absolute Gasteiger partial charge is 0.356 e. The van der Waals surface area contributed by atoms with Gasteiger partial charge in [-0.15, -0.1) is 0 Å². The molecule has 104 valence electrons. The SMILES string of the molecule is CN=C(NCCC(C)C)N1CC2CCCCC2C1. The summed E-state index contributed by atoms with van der Waals surface area (Å²) in [5.74, 6) is 3.76. The van der Waals surface area contributed by atoms with Crippen LogP contribution in [0, 0.1) is 17.8 Å². The van der Waals surface area contributed by atoms with Gasteiger partial charge in [0.1, 0.15) is 0 Å². The first-order valence-electron chi connectivity index (χ1n) is 7.66. The highest BCUT2D eigenvalue weighted by Crippen LogP contribution is 2.35. The average molecular weight is 251 g/mol. The second kappa shape index (κ2) is 6.44. The molecular formula is C15H29N3. The van der Waals surface area contributed by atoms with Crippen LogP contribution in [0.3, 0.4) is 0 Å². The number of nitrogens with one attached hydrogen (secondary N) is 1. The molecule has 0 bridgehead atoms. The summed E-state index contributed by atoms with van der Waals surface area (Å²) in [5.41, 5.74) is 0. The van der Waals surface area contributed by atoms with Gasteiger partial charge in [0, 0.05) is 26.7 Å². The van der Waals surface area contributed by atoms with Crippen molar-refractivity contribution < 1.29 is 0 Å². The molecule has 1 saturated carbocycles. The van der Waals surface area contributed by atoms with E-state index in [1.54, 1.807) is 0 Å². The maximum absolute atomic E-state index is 4.46. The number of fused-ring (bicyclic) bond motifs is 1. The molecule has 1 heterocycles. The van der Waals surface area contributed by atoms with Crippen LogP contribution in [-0.4, -0.2) is 37.5 Å². The van der Waals surface area contributed by atoms with Crippen LogP contribution in [0.15, 0.2) is 4.99 Å². The molecule has 0 aromatic carbocycles. The summed E-state index contributed by atoms with van der Waals surface area (Å²) in [4.78, 5) is 6.94. The summed E-state index contributed by atoms with van der Waals surface area (Å²) >= 11 is 0. The van der Waals surface area contributed by atoms with Crippen molar-refractivity contribution >= 4 is 5.96 Å². The van der Waals surface area contributed by atoms with Crippen molar-refractivity contribution in [1.82, 2.24) is 10.2 Å². The topological polar surface area (TPSA) is 27.6 Å². The molecule has 18 heavy (non-hydrogen) atoms. The molecule has 3 nitrogen and oxygen atoms in total. The van der Waals surface area contributed by atoms with Crippen molar-refractivity contribution in [1.29, 1.82) is 0 Å². The third kappa shape index (κ3) is 3.39.